The summed E-state index contributed by atoms with van der Waals surface area (Å²) >= 11 is 0. The van der Waals surface area contributed by atoms with Gasteiger partial charge in [0.1, 0.15) is 12.3 Å². The second-order valence-corrected chi connectivity index (χ2v) is 14.8. The summed E-state index contributed by atoms with van der Waals surface area (Å²) in [6, 6.07) is 0. The van der Waals surface area contributed by atoms with E-state index in [0.29, 0.717) is 32.5 Å². The van der Waals surface area contributed by atoms with E-state index in [1.807, 2.05) is 0 Å². The molecule has 1 saturated heterocycles. The van der Waals surface area contributed by atoms with Crippen molar-refractivity contribution in [2.45, 2.75) is 163 Å². The molecule has 0 radical (unpaired) electrons. The normalized spacial score (nSPS) is 29.0. The Morgan fingerprint density at radius 3 is 1.57 bits per heavy atom. The maximum absolute atomic E-state index is 15.0. The van der Waals surface area contributed by atoms with Gasteiger partial charge in [0.2, 0.25) is 0 Å². The summed E-state index contributed by atoms with van der Waals surface area (Å²) in [7, 11) is 0. The average molecular weight is 893 g/mol. The Balaban J connectivity index is 1.54. The van der Waals surface area contributed by atoms with Gasteiger partial charge >= 0.3 is 53.8 Å². The molecule has 3 rings (SSSR count). The largest absolute Gasteiger partial charge is 0.462 e. The number of rotatable bonds is 19. The molecule has 3 aliphatic rings. The molecule has 0 aromatic heterocycles. The van der Waals surface area contributed by atoms with Crippen molar-refractivity contribution in [3.63, 3.8) is 0 Å². The number of esters is 1. The topological polar surface area (TPSA) is 68.8 Å². The van der Waals surface area contributed by atoms with E-state index in [1.165, 1.54) is 12.8 Å². The summed E-state index contributed by atoms with van der Waals surface area (Å²) in [5.41, 5.74) is 0. The minimum Gasteiger partial charge on any atom is -0.462 e. The van der Waals surface area contributed by atoms with Crippen LogP contribution in [0.2, 0.25) is 0 Å². The average Bonchev–Trinajstić information content (AvgIpc) is 3.12. The quantitative estimate of drug-likeness (QED) is 0.0765. The highest BCUT2D eigenvalue weighted by molar-refractivity contribution is 5.73. The molecule has 2 saturated carbocycles. The molecule has 6 nitrogen and oxygen atoms in total. The minimum atomic E-state index is -8.85. The molecule has 2 aliphatic carbocycles. The van der Waals surface area contributed by atoms with Crippen molar-refractivity contribution in [2.75, 3.05) is 19.7 Å². The number of carbonyl (C=O) groups is 1. The van der Waals surface area contributed by atoms with Crippen molar-refractivity contribution in [2.24, 2.45) is 17.8 Å². The Morgan fingerprint density at radius 1 is 0.569 bits per heavy atom. The van der Waals surface area contributed by atoms with E-state index in [2.05, 4.69) is 22.3 Å². The molecule has 0 spiro atoms. The van der Waals surface area contributed by atoms with Gasteiger partial charge in [0.15, 0.2) is 12.5 Å². The van der Waals surface area contributed by atoms with Gasteiger partial charge in [-0.15, -0.1) is 0 Å². The Morgan fingerprint density at radius 2 is 1.05 bits per heavy atom. The summed E-state index contributed by atoms with van der Waals surface area (Å²) < 4.78 is 274. The van der Waals surface area contributed by atoms with Crippen LogP contribution < -0.4 is 10.6 Å². The molecule has 25 heteroatoms. The second-order valence-electron chi connectivity index (χ2n) is 14.8. The third-order valence-electron chi connectivity index (χ3n) is 10.7. The number of hydrogen-bond donors (Lipinski definition) is 2. The summed E-state index contributed by atoms with van der Waals surface area (Å²) in [5, 5.41) is 6.50. The molecule has 0 bridgehead atoms. The van der Waals surface area contributed by atoms with E-state index < -0.39 is 97.1 Å². The molecular formula is C33H43F19N2O4. The lowest BCUT2D eigenvalue weighted by atomic mass is 9.78. The molecule has 0 aromatic carbocycles. The van der Waals surface area contributed by atoms with Gasteiger partial charge in [-0.25, -0.2) is 8.78 Å². The van der Waals surface area contributed by atoms with Crippen LogP contribution in [0.5, 0.6) is 0 Å². The van der Waals surface area contributed by atoms with E-state index in [0.717, 1.165) is 25.7 Å². The maximum Gasteiger partial charge on any atom is 0.460 e. The predicted octanol–water partition coefficient (Wildman–Crippen LogP) is 10.00. The first-order chi connectivity index (χ1) is 26.4. The fraction of sp³-hybridized carbons (Fsp3) is 0.970. The molecule has 2 N–H and O–H groups in total. The summed E-state index contributed by atoms with van der Waals surface area (Å²) in [4.78, 5) is 12.7. The highest BCUT2D eigenvalue weighted by Crippen LogP contribution is 2.64. The Kier molecular flexibility index (Phi) is 16.1. The van der Waals surface area contributed by atoms with Gasteiger partial charge < -0.3 is 14.2 Å². The zero-order valence-corrected chi connectivity index (χ0v) is 30.5. The highest BCUT2D eigenvalue weighted by atomic mass is 19.4. The fourth-order valence-electron chi connectivity index (χ4n) is 7.00. The highest BCUT2D eigenvalue weighted by Gasteiger charge is 2.95. The lowest BCUT2D eigenvalue weighted by Gasteiger charge is -2.43. The number of alkyl halides is 19. The van der Waals surface area contributed by atoms with E-state index in [4.69, 9.17) is 9.47 Å². The molecule has 342 valence electrons. The Labute approximate surface area is 319 Å². The standard InChI is InChI=1S/C33H43F19N2O4/c1-2-3-4-5-6-7-14-56-25-53-15-18(16-54-25)17-8-10-19(11-9-17)57-24(55)20-12-13-21(23(35)22(20)34)58-33(51,52)31(46,47)29(42,43)27(38,39)26(36,37)28(40,41)30(44,45)32(48,49)50/h17-23,25,53-54H,2-16H2,1H3. The smallest absolute Gasteiger partial charge is 0.460 e. The van der Waals surface area contributed by atoms with Gasteiger partial charge in [-0.1, -0.05) is 39.0 Å². The summed E-state index contributed by atoms with van der Waals surface area (Å²) in [6.07, 6.45) is -21.2. The van der Waals surface area contributed by atoms with Crippen molar-refractivity contribution in [3.05, 3.63) is 0 Å². The zero-order chi connectivity index (χ0) is 44.3. The predicted molar refractivity (Wildman–Crippen MR) is 163 cm³/mol. The van der Waals surface area contributed by atoms with Crippen LogP contribution in [0.25, 0.3) is 0 Å². The first kappa shape index (κ1) is 50.3. The molecule has 0 aromatic rings. The van der Waals surface area contributed by atoms with Crippen molar-refractivity contribution < 1.29 is 102 Å². The molecular weight excluding hydrogens is 849 g/mol. The van der Waals surface area contributed by atoms with Crippen LogP contribution in [0.15, 0.2) is 0 Å². The monoisotopic (exact) mass is 892 g/mol. The third-order valence-corrected chi connectivity index (χ3v) is 10.7. The van der Waals surface area contributed by atoms with Crippen LogP contribution in [0.3, 0.4) is 0 Å². The molecule has 4 unspecified atom stereocenters. The molecule has 3 fully saturated rings. The van der Waals surface area contributed by atoms with Gasteiger partial charge in [0.05, 0.1) is 18.6 Å². The number of hydrogen-bond acceptors (Lipinski definition) is 6. The minimum absolute atomic E-state index is 0.141. The van der Waals surface area contributed by atoms with Crippen LogP contribution in [-0.2, 0) is 19.0 Å². The Hall–Kier alpha value is -2.02. The van der Waals surface area contributed by atoms with Gasteiger partial charge in [-0.05, 0) is 56.8 Å². The van der Waals surface area contributed by atoms with Crippen molar-refractivity contribution >= 4 is 5.97 Å². The zero-order valence-electron chi connectivity index (χ0n) is 30.5. The van der Waals surface area contributed by atoms with Crippen molar-refractivity contribution in [1.29, 1.82) is 0 Å². The van der Waals surface area contributed by atoms with Crippen molar-refractivity contribution in [3.8, 4) is 0 Å². The van der Waals surface area contributed by atoms with Gasteiger partial charge in [0.25, 0.3) is 0 Å². The van der Waals surface area contributed by atoms with Crippen LogP contribution in [0.4, 0.5) is 83.4 Å². The summed E-state index contributed by atoms with van der Waals surface area (Å²) in [5.74, 6) is -54.9. The number of unbranched alkanes of at least 4 members (excludes halogenated alkanes) is 5. The first-order valence-electron chi connectivity index (χ1n) is 18.4. The molecule has 0 amide bonds. The molecule has 1 aliphatic heterocycles. The van der Waals surface area contributed by atoms with Gasteiger partial charge in [0, 0.05) is 13.1 Å². The van der Waals surface area contributed by atoms with E-state index >= 15 is 0 Å². The number of carbonyl (C=O) groups excluding carboxylic acids is 1. The van der Waals surface area contributed by atoms with E-state index in [1.54, 1.807) is 0 Å². The van der Waals surface area contributed by atoms with Crippen LogP contribution in [0.1, 0.15) is 84.0 Å². The van der Waals surface area contributed by atoms with Gasteiger partial charge in [-0.3, -0.25) is 15.4 Å². The SMILES string of the molecule is CCCCCCCCOC1NCC(C2CCC(OC(=O)C3CCC(OC(F)(F)C(F)(F)C(F)(F)C(F)(F)C(F)(F)C(F)(F)C(F)(F)C(F)(F)F)C(F)C3F)CC2)CN1. The second kappa shape index (κ2) is 18.5. The molecule has 4 atom stereocenters. The molecule has 58 heavy (non-hydrogen) atoms. The van der Waals surface area contributed by atoms with E-state index in [-0.39, 0.29) is 31.0 Å². The fourth-order valence-corrected chi connectivity index (χ4v) is 7.00. The third kappa shape index (κ3) is 9.86. The van der Waals surface area contributed by atoms with E-state index in [9.17, 15) is 88.2 Å². The lowest BCUT2D eigenvalue weighted by Crippen LogP contribution is -2.74. The van der Waals surface area contributed by atoms with Crippen molar-refractivity contribution in [1.82, 2.24) is 10.6 Å². The first-order valence-corrected chi connectivity index (χ1v) is 18.4. The molecule has 1 heterocycles. The Bertz CT molecular complexity index is 1320. The van der Waals surface area contributed by atoms with Crippen LogP contribution >= 0.6 is 0 Å². The van der Waals surface area contributed by atoms with Crippen LogP contribution in [0, 0.1) is 17.8 Å². The maximum atomic E-state index is 15.0. The number of halogens is 19. The van der Waals surface area contributed by atoms with Gasteiger partial charge in [-0.2, -0.15) is 74.6 Å². The number of ether oxygens (including phenoxy) is 3. The number of nitrogens with one attached hydrogen (secondary N) is 2. The lowest BCUT2D eigenvalue weighted by molar-refractivity contribution is -0.481. The van der Waals surface area contributed by atoms with Crippen LogP contribution in [-0.4, -0.2) is 104 Å². The summed E-state index contributed by atoms with van der Waals surface area (Å²) in [6.45, 7) is 3.90.